The van der Waals surface area contributed by atoms with Crippen molar-refractivity contribution in [3.05, 3.63) is 51.5 Å². The minimum atomic E-state index is -0.249. The van der Waals surface area contributed by atoms with Crippen molar-refractivity contribution in [2.45, 2.75) is 13.0 Å². The van der Waals surface area contributed by atoms with Crippen LogP contribution in [0.1, 0.15) is 22.0 Å². The molecule has 1 heterocycles. The van der Waals surface area contributed by atoms with Gasteiger partial charge in [0.2, 0.25) is 0 Å². The molecule has 1 atom stereocenters. The van der Waals surface area contributed by atoms with Crippen LogP contribution in [0.5, 0.6) is 5.75 Å². The van der Waals surface area contributed by atoms with E-state index in [1.165, 1.54) is 6.07 Å². The third-order valence-electron chi connectivity index (χ3n) is 2.97. The fourth-order valence-corrected chi connectivity index (χ4v) is 3.11. The van der Waals surface area contributed by atoms with Crippen molar-refractivity contribution < 1.29 is 9.13 Å². The quantitative estimate of drug-likeness (QED) is 0.913. The number of hydrogen-bond donors (Lipinski definition) is 1. The fourth-order valence-electron chi connectivity index (χ4n) is 2.06. The van der Waals surface area contributed by atoms with Crippen LogP contribution in [0.4, 0.5) is 4.39 Å². The van der Waals surface area contributed by atoms with Gasteiger partial charge in [-0.05, 0) is 43.1 Å². The normalized spacial score (nSPS) is 12.4. The largest absolute Gasteiger partial charge is 0.496 e. The number of ether oxygens (including phenoxy) is 1. The van der Waals surface area contributed by atoms with Gasteiger partial charge in [0, 0.05) is 4.88 Å². The molecule has 0 bridgehead atoms. The summed E-state index contributed by atoms with van der Waals surface area (Å²) in [5.74, 6) is 0.323. The molecule has 0 spiro atoms. The van der Waals surface area contributed by atoms with Gasteiger partial charge in [-0.15, -0.1) is 11.3 Å². The summed E-state index contributed by atoms with van der Waals surface area (Å²) in [6.45, 7) is 2.03. The van der Waals surface area contributed by atoms with E-state index in [-0.39, 0.29) is 11.9 Å². The summed E-state index contributed by atoms with van der Waals surface area (Å²) in [4.78, 5) is 1.11. The number of thiophene rings is 1. The smallest absolute Gasteiger partial charge is 0.132 e. The van der Waals surface area contributed by atoms with E-state index in [2.05, 4.69) is 5.32 Å². The van der Waals surface area contributed by atoms with E-state index in [0.29, 0.717) is 11.3 Å². The second kappa shape index (κ2) is 5.50. The summed E-state index contributed by atoms with van der Waals surface area (Å²) in [6.07, 6.45) is 0. The van der Waals surface area contributed by atoms with Crippen molar-refractivity contribution >= 4 is 11.3 Å². The lowest BCUT2D eigenvalue weighted by atomic mass is 10.0. The van der Waals surface area contributed by atoms with Gasteiger partial charge in [0.05, 0.1) is 18.7 Å². The molecule has 2 rings (SSSR count). The molecule has 2 nitrogen and oxygen atoms in total. The minimum absolute atomic E-state index is 0.179. The molecule has 1 unspecified atom stereocenters. The predicted octanol–water partition coefficient (Wildman–Crippen LogP) is 3.51. The maximum atomic E-state index is 14.1. The molecule has 0 aliphatic rings. The lowest BCUT2D eigenvalue weighted by Gasteiger charge is -2.19. The highest BCUT2D eigenvalue weighted by Crippen LogP contribution is 2.35. The van der Waals surface area contributed by atoms with Crippen molar-refractivity contribution in [1.29, 1.82) is 0 Å². The van der Waals surface area contributed by atoms with Crippen LogP contribution in [-0.4, -0.2) is 14.2 Å². The Kier molecular flexibility index (Phi) is 3.99. The summed E-state index contributed by atoms with van der Waals surface area (Å²) in [6, 6.07) is 6.77. The molecule has 96 valence electrons. The van der Waals surface area contributed by atoms with Crippen molar-refractivity contribution in [3.63, 3.8) is 0 Å². The Morgan fingerprint density at radius 1 is 1.33 bits per heavy atom. The molecule has 0 amide bonds. The lowest BCUT2D eigenvalue weighted by Crippen LogP contribution is -2.19. The number of halogens is 1. The van der Waals surface area contributed by atoms with Crippen molar-refractivity contribution in [2.24, 2.45) is 0 Å². The second-order valence-corrected chi connectivity index (χ2v) is 4.99. The molecule has 4 heteroatoms. The van der Waals surface area contributed by atoms with E-state index in [4.69, 9.17) is 4.74 Å². The fraction of sp³-hybridized carbons (Fsp3) is 0.286. The molecule has 0 aliphatic carbocycles. The minimum Gasteiger partial charge on any atom is -0.496 e. The van der Waals surface area contributed by atoms with E-state index >= 15 is 0 Å². The van der Waals surface area contributed by atoms with E-state index in [1.54, 1.807) is 30.6 Å². The molecule has 0 aliphatic heterocycles. The van der Waals surface area contributed by atoms with Crippen LogP contribution < -0.4 is 10.1 Å². The number of nitrogens with one attached hydrogen (secondary N) is 1. The average Bonchev–Trinajstić information content (AvgIpc) is 2.79. The Bertz CT molecular complexity index is 538. The average molecular weight is 265 g/mol. The third kappa shape index (κ3) is 2.26. The number of benzene rings is 1. The molecule has 0 fully saturated rings. The molecule has 18 heavy (non-hydrogen) atoms. The van der Waals surface area contributed by atoms with E-state index in [0.717, 1.165) is 10.4 Å². The number of hydrogen-bond acceptors (Lipinski definition) is 3. The topological polar surface area (TPSA) is 21.3 Å². The lowest BCUT2D eigenvalue weighted by molar-refractivity contribution is 0.399. The first-order chi connectivity index (χ1) is 8.69. The highest BCUT2D eigenvalue weighted by atomic mass is 32.1. The third-order valence-corrected chi connectivity index (χ3v) is 4.06. The first-order valence-corrected chi connectivity index (χ1v) is 6.60. The van der Waals surface area contributed by atoms with Gasteiger partial charge in [0.15, 0.2) is 0 Å². The predicted molar refractivity (Wildman–Crippen MR) is 72.9 cm³/mol. The van der Waals surface area contributed by atoms with E-state index in [9.17, 15) is 4.39 Å². The van der Waals surface area contributed by atoms with Gasteiger partial charge in [0.25, 0.3) is 0 Å². The van der Waals surface area contributed by atoms with Crippen LogP contribution in [0, 0.1) is 12.7 Å². The van der Waals surface area contributed by atoms with Crippen molar-refractivity contribution in [1.82, 2.24) is 5.32 Å². The molecule has 0 saturated heterocycles. The Hall–Kier alpha value is -1.39. The Labute approximate surface area is 110 Å². The van der Waals surface area contributed by atoms with Gasteiger partial charge in [0.1, 0.15) is 11.6 Å². The van der Waals surface area contributed by atoms with Gasteiger partial charge < -0.3 is 10.1 Å². The second-order valence-electron chi connectivity index (χ2n) is 4.05. The maximum Gasteiger partial charge on any atom is 0.132 e. The van der Waals surface area contributed by atoms with Crippen LogP contribution in [0.25, 0.3) is 0 Å². The molecular formula is C14H16FNOS. The molecule has 0 radical (unpaired) electrons. The highest BCUT2D eigenvalue weighted by molar-refractivity contribution is 7.10. The first-order valence-electron chi connectivity index (χ1n) is 5.72. The zero-order valence-corrected chi connectivity index (χ0v) is 11.5. The Morgan fingerprint density at radius 2 is 2.11 bits per heavy atom. The summed E-state index contributed by atoms with van der Waals surface area (Å²) >= 11 is 1.62. The maximum absolute atomic E-state index is 14.1. The zero-order chi connectivity index (χ0) is 13.1. The molecule has 1 aromatic heterocycles. The molecule has 0 saturated carbocycles. The van der Waals surface area contributed by atoms with Crippen LogP contribution >= 0.6 is 11.3 Å². The highest BCUT2D eigenvalue weighted by Gasteiger charge is 2.22. The number of aryl methyl sites for hydroxylation is 1. The van der Waals surface area contributed by atoms with E-state index in [1.807, 2.05) is 25.4 Å². The molecule has 1 aromatic carbocycles. The molecule has 2 aromatic rings. The summed E-state index contributed by atoms with van der Waals surface area (Å²) in [7, 11) is 3.39. The number of rotatable bonds is 4. The SMILES string of the molecule is CNC(c1sccc1C)c1c(F)cccc1OC. The van der Waals surface area contributed by atoms with Gasteiger partial charge in [-0.1, -0.05) is 6.07 Å². The summed E-state index contributed by atoms with van der Waals surface area (Å²) in [5.41, 5.74) is 1.72. The standard InChI is InChI=1S/C14H16FNOS/c1-9-7-8-18-14(9)13(16-2)12-10(15)5-4-6-11(12)17-3/h4-8,13,16H,1-3H3. The van der Waals surface area contributed by atoms with E-state index < -0.39 is 0 Å². The van der Waals surface area contributed by atoms with Crippen LogP contribution in [-0.2, 0) is 0 Å². The Balaban J connectivity index is 2.55. The molecule has 1 N–H and O–H groups in total. The number of methoxy groups -OCH3 is 1. The van der Waals surface area contributed by atoms with Crippen LogP contribution in [0.3, 0.4) is 0 Å². The molecular weight excluding hydrogens is 249 g/mol. The van der Waals surface area contributed by atoms with Crippen LogP contribution in [0.2, 0.25) is 0 Å². The summed E-state index contributed by atoms with van der Waals surface area (Å²) < 4.78 is 19.4. The van der Waals surface area contributed by atoms with Gasteiger partial charge in [-0.3, -0.25) is 0 Å². The van der Waals surface area contributed by atoms with Crippen LogP contribution in [0.15, 0.2) is 29.6 Å². The first kappa shape index (κ1) is 13.1. The zero-order valence-electron chi connectivity index (χ0n) is 10.7. The van der Waals surface area contributed by atoms with Crippen molar-refractivity contribution in [2.75, 3.05) is 14.2 Å². The van der Waals surface area contributed by atoms with Gasteiger partial charge in [-0.2, -0.15) is 0 Å². The summed E-state index contributed by atoms with van der Waals surface area (Å²) in [5, 5.41) is 5.18. The monoisotopic (exact) mass is 265 g/mol. The van der Waals surface area contributed by atoms with Gasteiger partial charge >= 0.3 is 0 Å². The van der Waals surface area contributed by atoms with Gasteiger partial charge in [-0.25, -0.2) is 4.39 Å². The Morgan fingerprint density at radius 3 is 2.67 bits per heavy atom. The van der Waals surface area contributed by atoms with Crippen molar-refractivity contribution in [3.8, 4) is 5.75 Å².